The average Bonchev–Trinajstić information content (AvgIpc) is 3.18. The number of aliphatic imine (C=N–C) groups is 1. The number of sulfone groups is 1. The van der Waals surface area contributed by atoms with Crippen molar-refractivity contribution < 1.29 is 21.9 Å². The predicted molar refractivity (Wildman–Crippen MR) is 115 cm³/mol. The van der Waals surface area contributed by atoms with Gasteiger partial charge < -0.3 is 14.5 Å². The normalized spacial score (nSPS) is 15.6. The Morgan fingerprint density at radius 2 is 1.87 bits per heavy atom. The van der Waals surface area contributed by atoms with Gasteiger partial charge in [0.15, 0.2) is 21.4 Å². The van der Waals surface area contributed by atoms with Crippen LogP contribution in [0.1, 0.15) is 18.1 Å². The molecule has 0 aromatic heterocycles. The number of rotatable bonds is 6. The van der Waals surface area contributed by atoms with E-state index in [-0.39, 0.29) is 17.3 Å². The average molecular weight is 445 g/mol. The second-order valence-electron chi connectivity index (χ2n) is 7.30. The molecule has 0 saturated heterocycles. The van der Waals surface area contributed by atoms with Gasteiger partial charge in [-0.1, -0.05) is 13.0 Å². The van der Waals surface area contributed by atoms with Crippen molar-refractivity contribution in [3.63, 3.8) is 0 Å². The van der Waals surface area contributed by atoms with Crippen molar-refractivity contribution in [2.24, 2.45) is 4.99 Å². The van der Waals surface area contributed by atoms with Crippen molar-refractivity contribution in [2.75, 3.05) is 19.5 Å². The highest BCUT2D eigenvalue weighted by Crippen LogP contribution is 2.38. The molecule has 0 radical (unpaired) electrons. The van der Waals surface area contributed by atoms with E-state index in [1.165, 1.54) is 6.07 Å². The van der Waals surface area contributed by atoms with Crippen LogP contribution < -0.4 is 4.74 Å². The molecule has 2 aliphatic rings. The molecule has 2 aliphatic heterocycles. The number of fused-ring (bicyclic) bond motifs is 1. The Hall–Kier alpha value is -3.20. The zero-order valence-electron chi connectivity index (χ0n) is 17.0. The van der Waals surface area contributed by atoms with Crippen LogP contribution >= 0.6 is 0 Å². The second-order valence-corrected chi connectivity index (χ2v) is 9.65. The number of hydrogen-bond donors (Lipinski definition) is 0. The topological polar surface area (TPSA) is 62.2 Å². The maximum Gasteiger partial charge on any atom is 0.168 e. The van der Waals surface area contributed by atoms with Gasteiger partial charge in [-0.05, 0) is 29.8 Å². The van der Waals surface area contributed by atoms with Crippen LogP contribution in [0, 0.1) is 11.6 Å². The van der Waals surface area contributed by atoms with E-state index in [0.29, 0.717) is 23.5 Å². The van der Waals surface area contributed by atoms with Crippen LogP contribution in [0.4, 0.5) is 8.78 Å². The summed E-state index contributed by atoms with van der Waals surface area (Å²) in [6.45, 7) is 2.00. The first-order valence-corrected chi connectivity index (χ1v) is 11.5. The van der Waals surface area contributed by atoms with Gasteiger partial charge in [0, 0.05) is 43.0 Å². The molecule has 9 heteroatoms. The van der Waals surface area contributed by atoms with Crippen molar-refractivity contribution >= 4 is 21.7 Å². The van der Waals surface area contributed by atoms with E-state index in [1.54, 1.807) is 31.3 Å². The minimum absolute atomic E-state index is 0.0274. The molecule has 0 aliphatic carbocycles. The molecule has 0 fully saturated rings. The largest absolute Gasteiger partial charge is 0.454 e. The zero-order chi connectivity index (χ0) is 22.2. The predicted octanol–water partition coefficient (Wildman–Crippen LogP) is 4.12. The molecular weight excluding hydrogens is 424 g/mol. The monoisotopic (exact) mass is 445 g/mol. The number of allylic oxidation sites excluding steroid dienone is 1. The third-order valence-electron chi connectivity index (χ3n) is 4.97. The molecule has 4 rings (SSSR count). The first-order chi connectivity index (χ1) is 14.8. The third kappa shape index (κ3) is 4.46. The molecule has 2 aromatic carbocycles. The van der Waals surface area contributed by atoms with Gasteiger partial charge in [-0.15, -0.1) is 0 Å². The van der Waals surface area contributed by atoms with Gasteiger partial charge in [-0.2, -0.15) is 0 Å². The second kappa shape index (κ2) is 8.14. The Labute approximate surface area is 179 Å². The maximum atomic E-state index is 14.2. The summed E-state index contributed by atoms with van der Waals surface area (Å²) in [4.78, 5) is 8.10. The molecule has 0 bridgehead atoms. The van der Waals surface area contributed by atoms with Gasteiger partial charge in [-0.3, -0.25) is 4.99 Å². The Balaban J connectivity index is 1.79. The molecule has 2 aromatic rings. The van der Waals surface area contributed by atoms with Crippen molar-refractivity contribution in [3.05, 3.63) is 77.3 Å². The van der Waals surface area contributed by atoms with Gasteiger partial charge in [0.1, 0.15) is 18.2 Å². The van der Waals surface area contributed by atoms with Gasteiger partial charge in [0.2, 0.25) is 0 Å². The molecule has 162 valence electrons. The Bertz CT molecular complexity index is 1220. The highest BCUT2D eigenvalue weighted by atomic mass is 32.2. The van der Waals surface area contributed by atoms with Crippen LogP contribution in [0.2, 0.25) is 0 Å². The summed E-state index contributed by atoms with van der Waals surface area (Å²) < 4.78 is 57.7. The molecule has 0 atom stereocenters. The Morgan fingerprint density at radius 3 is 2.61 bits per heavy atom. The zero-order valence-corrected chi connectivity index (χ0v) is 17.9. The minimum Gasteiger partial charge on any atom is -0.454 e. The van der Waals surface area contributed by atoms with E-state index in [2.05, 4.69) is 4.99 Å². The van der Waals surface area contributed by atoms with Gasteiger partial charge in [-0.25, -0.2) is 17.2 Å². The fraction of sp³-hybridized carbons (Fsp3) is 0.227. The molecule has 2 heterocycles. The van der Waals surface area contributed by atoms with Crippen molar-refractivity contribution in [1.29, 1.82) is 0 Å². The summed E-state index contributed by atoms with van der Waals surface area (Å²) in [6.07, 6.45) is 5.51. The molecule has 31 heavy (non-hydrogen) atoms. The highest BCUT2D eigenvalue weighted by molar-refractivity contribution is 7.90. The lowest BCUT2D eigenvalue weighted by Crippen LogP contribution is -2.25. The maximum absolute atomic E-state index is 14.2. The molecule has 0 amide bonds. The molecule has 0 spiro atoms. The standard InChI is InChI=1S/C22H21F2N3O3S/c1-3-31(28,29)13-15-4-6-21(30-22-7-5-16(23)9-19(22)24)18(8-15)20-12-26(2)11-17-10-25-14-27(17)20/h4-12H,3,13-14H2,1-2H3. The summed E-state index contributed by atoms with van der Waals surface area (Å²) in [5.41, 5.74) is 2.76. The Kier molecular flexibility index (Phi) is 5.53. The van der Waals surface area contributed by atoms with Crippen LogP contribution in [0.3, 0.4) is 0 Å². The summed E-state index contributed by atoms with van der Waals surface area (Å²) in [6, 6.07) is 8.05. The van der Waals surface area contributed by atoms with Crippen LogP contribution in [-0.4, -0.2) is 43.9 Å². The SMILES string of the molecule is CCS(=O)(=O)Cc1ccc(Oc2ccc(F)cc2F)c(C2=CN(C)C=C3C=NCN32)c1. The fourth-order valence-electron chi connectivity index (χ4n) is 3.40. The van der Waals surface area contributed by atoms with E-state index in [1.807, 2.05) is 29.2 Å². The van der Waals surface area contributed by atoms with Crippen molar-refractivity contribution in [2.45, 2.75) is 12.7 Å². The van der Waals surface area contributed by atoms with E-state index < -0.39 is 21.5 Å². The van der Waals surface area contributed by atoms with Crippen LogP contribution in [-0.2, 0) is 15.6 Å². The highest BCUT2D eigenvalue weighted by Gasteiger charge is 2.26. The molecule has 0 saturated carbocycles. The third-order valence-corrected chi connectivity index (χ3v) is 6.62. The van der Waals surface area contributed by atoms with E-state index in [4.69, 9.17) is 4.74 Å². The van der Waals surface area contributed by atoms with Crippen LogP contribution in [0.25, 0.3) is 5.70 Å². The first kappa shape index (κ1) is 21.0. The summed E-state index contributed by atoms with van der Waals surface area (Å²) >= 11 is 0. The number of nitrogens with zero attached hydrogens (tertiary/aromatic N) is 3. The quantitative estimate of drug-likeness (QED) is 0.669. The molecular formula is C22H21F2N3O3S. The summed E-state index contributed by atoms with van der Waals surface area (Å²) in [7, 11) is -1.39. The molecule has 6 nitrogen and oxygen atoms in total. The van der Waals surface area contributed by atoms with E-state index >= 15 is 0 Å². The first-order valence-electron chi connectivity index (χ1n) is 9.65. The molecule has 0 unspecified atom stereocenters. The van der Waals surface area contributed by atoms with Crippen molar-refractivity contribution in [1.82, 2.24) is 9.80 Å². The van der Waals surface area contributed by atoms with Crippen LogP contribution in [0.15, 0.2) is 59.5 Å². The minimum atomic E-state index is -3.25. The lowest BCUT2D eigenvalue weighted by Gasteiger charge is -2.30. The number of benzene rings is 2. The number of hydrogen-bond acceptors (Lipinski definition) is 6. The lowest BCUT2D eigenvalue weighted by molar-refractivity contribution is 0.432. The fourth-order valence-corrected chi connectivity index (χ4v) is 4.29. The van der Waals surface area contributed by atoms with E-state index in [0.717, 1.165) is 23.5 Å². The van der Waals surface area contributed by atoms with Gasteiger partial charge in [0.25, 0.3) is 0 Å². The smallest absolute Gasteiger partial charge is 0.168 e. The van der Waals surface area contributed by atoms with Crippen molar-refractivity contribution in [3.8, 4) is 11.5 Å². The van der Waals surface area contributed by atoms with Gasteiger partial charge >= 0.3 is 0 Å². The van der Waals surface area contributed by atoms with E-state index in [9.17, 15) is 17.2 Å². The van der Waals surface area contributed by atoms with Gasteiger partial charge in [0.05, 0.1) is 17.1 Å². The number of ether oxygens (including phenoxy) is 1. The molecule has 0 N–H and O–H groups in total. The Morgan fingerprint density at radius 1 is 1.10 bits per heavy atom. The summed E-state index contributed by atoms with van der Waals surface area (Å²) in [5, 5.41) is 0. The lowest BCUT2D eigenvalue weighted by atomic mass is 10.1. The number of halogens is 2. The van der Waals surface area contributed by atoms with Crippen LogP contribution in [0.5, 0.6) is 11.5 Å². The summed E-state index contributed by atoms with van der Waals surface area (Å²) in [5.74, 6) is -1.44.